The van der Waals surface area contributed by atoms with Crippen molar-refractivity contribution >= 4 is 28.3 Å². The van der Waals surface area contributed by atoms with Gasteiger partial charge in [-0.3, -0.25) is 0 Å². The Kier molecular flexibility index (Phi) is 3.51. The molecule has 3 N–H and O–H groups in total. The predicted molar refractivity (Wildman–Crippen MR) is 68.3 cm³/mol. The summed E-state index contributed by atoms with van der Waals surface area (Å²) in [5.74, 6) is 0.643. The van der Waals surface area contributed by atoms with E-state index in [1.165, 1.54) is 31.5 Å². The minimum absolute atomic E-state index is 0.239. The van der Waals surface area contributed by atoms with Gasteiger partial charge in [-0.2, -0.15) is 4.37 Å². The second-order valence-corrected chi connectivity index (χ2v) is 5.26. The fourth-order valence-electron chi connectivity index (χ4n) is 1.84. The number of carbonyl (C=O) groups is 1. The molecule has 1 aliphatic rings. The third-order valence-electron chi connectivity index (χ3n) is 2.87. The number of carbonyl (C=O) groups excluding carboxylic acids is 1. The van der Waals surface area contributed by atoms with Crippen LogP contribution in [0.4, 0.5) is 10.8 Å². The minimum atomic E-state index is -0.433. The number of ether oxygens (including phenoxy) is 1. The quantitative estimate of drug-likeness (QED) is 0.788. The Balaban J connectivity index is 2.06. The van der Waals surface area contributed by atoms with Crippen molar-refractivity contribution in [1.29, 1.82) is 0 Å². The highest BCUT2D eigenvalue weighted by Gasteiger charge is 2.25. The number of anilines is 2. The molecule has 1 saturated carbocycles. The summed E-state index contributed by atoms with van der Waals surface area (Å²) in [7, 11) is 1.34. The molecular formula is C11H17N3O2S. The van der Waals surface area contributed by atoms with Gasteiger partial charge in [-0.1, -0.05) is 12.8 Å². The molecule has 0 aliphatic heterocycles. The molecule has 1 aliphatic carbocycles. The molecular weight excluding hydrogens is 238 g/mol. The van der Waals surface area contributed by atoms with Crippen LogP contribution in [-0.4, -0.2) is 23.5 Å². The van der Waals surface area contributed by atoms with E-state index in [4.69, 9.17) is 10.5 Å². The molecule has 0 aromatic carbocycles. The molecule has 94 valence electrons. The van der Waals surface area contributed by atoms with Gasteiger partial charge in [0.1, 0.15) is 10.6 Å². The van der Waals surface area contributed by atoms with Crippen molar-refractivity contribution in [2.45, 2.75) is 32.2 Å². The number of rotatable bonds is 5. The van der Waals surface area contributed by atoms with Crippen molar-refractivity contribution in [3.63, 3.8) is 0 Å². The van der Waals surface area contributed by atoms with Gasteiger partial charge in [0.05, 0.1) is 7.11 Å². The number of methoxy groups -OCH3 is 1. The van der Waals surface area contributed by atoms with E-state index in [2.05, 4.69) is 16.6 Å². The smallest absolute Gasteiger partial charge is 0.344 e. The van der Waals surface area contributed by atoms with Crippen LogP contribution in [0.3, 0.4) is 0 Å². The molecule has 0 radical (unpaired) electrons. The summed E-state index contributed by atoms with van der Waals surface area (Å²) in [5, 5.41) is 4.00. The number of esters is 1. The van der Waals surface area contributed by atoms with Crippen LogP contribution in [0.5, 0.6) is 0 Å². The second-order valence-electron chi connectivity index (χ2n) is 4.49. The number of nitrogens with two attached hydrogens (primary N) is 1. The summed E-state index contributed by atoms with van der Waals surface area (Å²) in [5.41, 5.74) is 6.03. The van der Waals surface area contributed by atoms with E-state index in [9.17, 15) is 4.79 Å². The monoisotopic (exact) mass is 255 g/mol. The van der Waals surface area contributed by atoms with Gasteiger partial charge in [-0.05, 0) is 30.8 Å². The Labute approximate surface area is 105 Å². The minimum Gasteiger partial charge on any atom is -0.465 e. The molecule has 1 aromatic heterocycles. The largest absolute Gasteiger partial charge is 0.465 e. The molecule has 0 bridgehead atoms. The molecule has 0 saturated heterocycles. The van der Waals surface area contributed by atoms with Gasteiger partial charge < -0.3 is 15.8 Å². The van der Waals surface area contributed by atoms with E-state index >= 15 is 0 Å². The summed E-state index contributed by atoms with van der Waals surface area (Å²) in [4.78, 5) is 11.6. The number of nitrogens with one attached hydrogen (secondary N) is 1. The van der Waals surface area contributed by atoms with E-state index in [0.29, 0.717) is 16.6 Å². The maximum absolute atomic E-state index is 11.6. The van der Waals surface area contributed by atoms with Crippen LogP contribution < -0.4 is 11.1 Å². The standard InChI is InChI=1S/C11H17N3O2S/c1-6(5-7-3-4-7)13-10-8(11(15)16-2)9(12)14-17-10/h6-7,13H,3-5H2,1-2H3,(H2,12,14). The van der Waals surface area contributed by atoms with Crippen molar-refractivity contribution in [2.24, 2.45) is 5.92 Å². The van der Waals surface area contributed by atoms with E-state index in [1.807, 2.05) is 0 Å². The summed E-state index contributed by atoms with van der Waals surface area (Å²) < 4.78 is 8.69. The molecule has 1 atom stereocenters. The molecule has 1 heterocycles. The zero-order chi connectivity index (χ0) is 12.4. The first-order valence-electron chi connectivity index (χ1n) is 5.71. The number of hydrogen-bond acceptors (Lipinski definition) is 6. The first kappa shape index (κ1) is 12.2. The van der Waals surface area contributed by atoms with E-state index in [1.54, 1.807) is 0 Å². The Morgan fingerprint density at radius 2 is 2.41 bits per heavy atom. The summed E-state index contributed by atoms with van der Waals surface area (Å²) in [6.45, 7) is 2.11. The van der Waals surface area contributed by atoms with Crippen LogP contribution in [0.2, 0.25) is 0 Å². The summed E-state index contributed by atoms with van der Waals surface area (Å²) in [6.07, 6.45) is 3.76. The van der Waals surface area contributed by atoms with Crippen LogP contribution >= 0.6 is 11.5 Å². The van der Waals surface area contributed by atoms with Crippen LogP contribution in [-0.2, 0) is 4.74 Å². The van der Waals surface area contributed by atoms with Gasteiger partial charge in [0.25, 0.3) is 0 Å². The van der Waals surface area contributed by atoms with Crippen molar-refractivity contribution in [3.8, 4) is 0 Å². The van der Waals surface area contributed by atoms with Crippen LogP contribution in [0.25, 0.3) is 0 Å². The Morgan fingerprint density at radius 1 is 1.71 bits per heavy atom. The number of nitrogens with zero attached hydrogens (tertiary/aromatic N) is 1. The maximum atomic E-state index is 11.6. The van der Waals surface area contributed by atoms with Gasteiger partial charge in [0.2, 0.25) is 0 Å². The van der Waals surface area contributed by atoms with Crippen molar-refractivity contribution < 1.29 is 9.53 Å². The highest BCUT2D eigenvalue weighted by Crippen LogP contribution is 2.35. The topological polar surface area (TPSA) is 77.2 Å². The van der Waals surface area contributed by atoms with Gasteiger partial charge in [-0.15, -0.1) is 0 Å². The zero-order valence-electron chi connectivity index (χ0n) is 10.0. The molecule has 0 amide bonds. The van der Waals surface area contributed by atoms with Gasteiger partial charge in [0, 0.05) is 6.04 Å². The lowest BCUT2D eigenvalue weighted by molar-refractivity contribution is 0.0603. The van der Waals surface area contributed by atoms with Crippen molar-refractivity contribution in [3.05, 3.63) is 5.56 Å². The third-order valence-corrected chi connectivity index (χ3v) is 3.66. The molecule has 17 heavy (non-hydrogen) atoms. The normalized spacial score (nSPS) is 16.6. The highest BCUT2D eigenvalue weighted by atomic mass is 32.1. The third kappa shape index (κ3) is 2.88. The predicted octanol–water partition coefficient (Wildman–Crippen LogP) is 2.11. The Morgan fingerprint density at radius 3 is 3.00 bits per heavy atom. The van der Waals surface area contributed by atoms with Crippen LogP contribution in [0.15, 0.2) is 0 Å². The highest BCUT2D eigenvalue weighted by molar-refractivity contribution is 7.11. The van der Waals surface area contributed by atoms with Crippen LogP contribution in [0.1, 0.15) is 36.5 Å². The molecule has 6 heteroatoms. The molecule has 2 rings (SSSR count). The van der Waals surface area contributed by atoms with E-state index in [-0.39, 0.29) is 5.82 Å². The lowest BCUT2D eigenvalue weighted by Crippen LogP contribution is -2.17. The van der Waals surface area contributed by atoms with Gasteiger partial charge in [-0.25, -0.2) is 4.79 Å². The average Bonchev–Trinajstić information content (AvgIpc) is 3.02. The molecule has 1 aromatic rings. The second kappa shape index (κ2) is 4.91. The fraction of sp³-hybridized carbons (Fsp3) is 0.636. The average molecular weight is 255 g/mol. The summed E-state index contributed by atoms with van der Waals surface area (Å²) >= 11 is 1.21. The fourth-order valence-corrected chi connectivity index (χ4v) is 2.65. The van der Waals surface area contributed by atoms with E-state index < -0.39 is 5.97 Å². The molecule has 1 fully saturated rings. The zero-order valence-corrected chi connectivity index (χ0v) is 10.8. The van der Waals surface area contributed by atoms with Crippen molar-refractivity contribution in [2.75, 3.05) is 18.2 Å². The molecule has 0 spiro atoms. The maximum Gasteiger partial charge on any atom is 0.344 e. The van der Waals surface area contributed by atoms with Gasteiger partial charge in [0.15, 0.2) is 5.82 Å². The Bertz CT molecular complexity index is 415. The first-order valence-corrected chi connectivity index (χ1v) is 6.49. The first-order chi connectivity index (χ1) is 8.11. The SMILES string of the molecule is COC(=O)c1c(N)nsc1NC(C)CC1CC1. The van der Waals surface area contributed by atoms with Gasteiger partial charge >= 0.3 is 5.97 Å². The lowest BCUT2D eigenvalue weighted by Gasteiger charge is -2.13. The number of hydrogen-bond donors (Lipinski definition) is 2. The number of aromatic nitrogens is 1. The molecule has 5 nitrogen and oxygen atoms in total. The Hall–Kier alpha value is -1.30. The van der Waals surface area contributed by atoms with Crippen LogP contribution in [0, 0.1) is 5.92 Å². The van der Waals surface area contributed by atoms with E-state index in [0.717, 1.165) is 12.3 Å². The van der Waals surface area contributed by atoms with Crippen molar-refractivity contribution in [1.82, 2.24) is 4.37 Å². The summed E-state index contributed by atoms with van der Waals surface area (Å²) in [6, 6.07) is 0.325. The molecule has 1 unspecified atom stereocenters. The number of nitrogen functional groups attached to an aromatic ring is 1. The lowest BCUT2D eigenvalue weighted by atomic mass is 10.1.